The first-order valence-corrected chi connectivity index (χ1v) is 7.67. The van der Waals surface area contributed by atoms with Gasteiger partial charge in [0.2, 0.25) is 19.2 Å². The van der Waals surface area contributed by atoms with Crippen LogP contribution in [0.1, 0.15) is 13.3 Å². The van der Waals surface area contributed by atoms with Gasteiger partial charge in [-0.3, -0.25) is 0 Å². The topological polar surface area (TPSA) is 132 Å². The van der Waals surface area contributed by atoms with Crippen LogP contribution in [-0.2, 0) is 9.84 Å². The molecule has 0 radical (unpaired) electrons. The molecule has 2 heterocycles. The number of nitrogens with zero attached hydrogens (tertiary/aromatic N) is 4. The van der Waals surface area contributed by atoms with Crippen LogP contribution < -0.4 is 0 Å². The van der Waals surface area contributed by atoms with E-state index in [1.807, 2.05) is 0 Å². The Labute approximate surface area is 111 Å². The highest BCUT2D eigenvalue weighted by atomic mass is 32.2. The Morgan fingerprint density at radius 3 is 2.79 bits per heavy atom. The Bertz CT molecular complexity index is 704. The van der Waals surface area contributed by atoms with Crippen molar-refractivity contribution in [3.63, 3.8) is 0 Å². The Balaban J connectivity index is 2.33. The molecule has 0 saturated carbocycles. The Hall–Kier alpha value is -1.88. The third-order valence-corrected chi connectivity index (χ3v) is 5.40. The smallest absolute Gasteiger partial charge is 0.341 e. The zero-order chi connectivity index (χ0) is 14.0. The molecule has 0 atom stereocenters. The molecular formula is C8H9N5O4S2. The van der Waals surface area contributed by atoms with E-state index in [0.29, 0.717) is 6.42 Å². The van der Waals surface area contributed by atoms with E-state index in [0.717, 1.165) is 17.5 Å². The van der Waals surface area contributed by atoms with Gasteiger partial charge in [0.25, 0.3) is 5.82 Å². The first kappa shape index (κ1) is 13.5. The fourth-order valence-corrected chi connectivity index (χ4v) is 3.70. The largest absolute Gasteiger partial charge is 0.358 e. The van der Waals surface area contributed by atoms with Crippen LogP contribution in [0.15, 0.2) is 10.5 Å². The highest BCUT2D eigenvalue weighted by Gasteiger charge is 2.22. The lowest BCUT2D eigenvalue weighted by Gasteiger charge is -1.94. The van der Waals surface area contributed by atoms with Crippen LogP contribution in [0, 0.1) is 10.1 Å². The van der Waals surface area contributed by atoms with E-state index in [2.05, 4.69) is 20.2 Å². The van der Waals surface area contributed by atoms with Crippen LogP contribution in [0.5, 0.6) is 0 Å². The average molecular weight is 303 g/mol. The molecule has 0 aromatic carbocycles. The van der Waals surface area contributed by atoms with Crippen LogP contribution in [0.25, 0.3) is 10.8 Å². The highest BCUT2D eigenvalue weighted by Crippen LogP contribution is 2.25. The van der Waals surface area contributed by atoms with Crippen LogP contribution in [0.3, 0.4) is 0 Å². The molecular weight excluding hydrogens is 294 g/mol. The molecule has 0 amide bonds. The second kappa shape index (κ2) is 5.01. The van der Waals surface area contributed by atoms with Gasteiger partial charge in [0.05, 0.1) is 5.75 Å². The number of aromatic nitrogens is 4. The van der Waals surface area contributed by atoms with Gasteiger partial charge in [0.1, 0.15) is 6.20 Å². The van der Waals surface area contributed by atoms with Crippen molar-refractivity contribution in [1.82, 2.24) is 20.2 Å². The number of sulfone groups is 1. The minimum Gasteiger partial charge on any atom is -0.358 e. The molecule has 1 N–H and O–H groups in total. The number of aromatic amines is 1. The molecule has 2 aromatic rings. The summed E-state index contributed by atoms with van der Waals surface area (Å²) in [6, 6.07) is 0. The van der Waals surface area contributed by atoms with Crippen molar-refractivity contribution in [2.24, 2.45) is 0 Å². The molecule has 9 nitrogen and oxygen atoms in total. The summed E-state index contributed by atoms with van der Waals surface area (Å²) >= 11 is 0.831. The highest BCUT2D eigenvalue weighted by molar-refractivity contribution is 7.93. The third-order valence-electron chi connectivity index (χ3n) is 2.11. The molecule has 0 aliphatic carbocycles. The van der Waals surface area contributed by atoms with Gasteiger partial charge >= 0.3 is 5.82 Å². The van der Waals surface area contributed by atoms with E-state index in [9.17, 15) is 18.5 Å². The standard InChI is InChI=1S/C8H9N5O4S2/c1-2-3-19(16,17)8-12-11-7(18-8)6-9-4-5(10-6)13(14)15/h4H,2-3H2,1H3,(H,9,10). The lowest BCUT2D eigenvalue weighted by molar-refractivity contribution is -0.389. The number of nitrogens with one attached hydrogen (secondary N) is 1. The van der Waals surface area contributed by atoms with Crippen molar-refractivity contribution in [3.8, 4) is 10.8 Å². The van der Waals surface area contributed by atoms with Crippen molar-refractivity contribution < 1.29 is 13.3 Å². The summed E-state index contributed by atoms with van der Waals surface area (Å²) in [5, 5.41) is 18.0. The maximum absolute atomic E-state index is 11.8. The number of hydrogen-bond acceptors (Lipinski definition) is 8. The lowest BCUT2D eigenvalue weighted by atomic mass is 10.6. The average Bonchev–Trinajstić information content (AvgIpc) is 2.98. The second-order valence-electron chi connectivity index (χ2n) is 3.57. The molecule has 0 fully saturated rings. The van der Waals surface area contributed by atoms with Crippen molar-refractivity contribution in [2.45, 2.75) is 17.7 Å². The van der Waals surface area contributed by atoms with E-state index in [1.165, 1.54) is 0 Å². The monoisotopic (exact) mass is 303 g/mol. The van der Waals surface area contributed by atoms with Crippen LogP contribution in [-0.4, -0.2) is 39.3 Å². The van der Waals surface area contributed by atoms with Gasteiger partial charge in [0, 0.05) is 0 Å². The summed E-state index contributed by atoms with van der Waals surface area (Å²) in [6.45, 7) is 1.75. The summed E-state index contributed by atoms with van der Waals surface area (Å²) in [5.41, 5.74) is 0. The fourth-order valence-electron chi connectivity index (χ4n) is 1.30. The molecule has 11 heteroatoms. The number of nitro groups is 1. The van der Waals surface area contributed by atoms with Crippen molar-refractivity contribution >= 4 is 27.0 Å². The van der Waals surface area contributed by atoms with Gasteiger partial charge < -0.3 is 10.1 Å². The van der Waals surface area contributed by atoms with Gasteiger partial charge in [-0.05, 0) is 11.3 Å². The third kappa shape index (κ3) is 2.76. The predicted molar refractivity (Wildman–Crippen MR) is 66.5 cm³/mol. The molecule has 0 unspecified atom stereocenters. The molecule has 0 aliphatic heterocycles. The van der Waals surface area contributed by atoms with Crippen molar-refractivity contribution in [3.05, 3.63) is 16.3 Å². The van der Waals surface area contributed by atoms with Gasteiger partial charge in [-0.15, -0.1) is 10.2 Å². The summed E-state index contributed by atoms with van der Waals surface area (Å²) in [5.74, 6) is -0.176. The Kier molecular flexibility index (Phi) is 3.57. The first-order valence-electron chi connectivity index (χ1n) is 5.20. The maximum Gasteiger partial charge on any atom is 0.341 e. The van der Waals surface area contributed by atoms with E-state index in [1.54, 1.807) is 6.92 Å². The lowest BCUT2D eigenvalue weighted by Crippen LogP contribution is -2.05. The summed E-state index contributed by atoms with van der Waals surface area (Å²) < 4.78 is 23.4. The maximum atomic E-state index is 11.8. The summed E-state index contributed by atoms with van der Waals surface area (Å²) in [6.07, 6.45) is 1.51. The molecule has 102 valence electrons. The molecule has 2 rings (SSSR count). The van der Waals surface area contributed by atoms with Crippen molar-refractivity contribution in [1.29, 1.82) is 0 Å². The Morgan fingerprint density at radius 1 is 1.47 bits per heavy atom. The molecule has 2 aromatic heterocycles. The molecule has 0 aliphatic rings. The second-order valence-corrected chi connectivity index (χ2v) is 6.83. The summed E-state index contributed by atoms with van der Waals surface area (Å²) in [4.78, 5) is 16.1. The molecule has 0 bridgehead atoms. The van der Waals surface area contributed by atoms with E-state index >= 15 is 0 Å². The number of H-pyrrole nitrogens is 1. The van der Waals surface area contributed by atoms with Crippen LogP contribution >= 0.6 is 11.3 Å². The minimum absolute atomic E-state index is 0.0140. The normalized spacial score (nSPS) is 11.6. The van der Waals surface area contributed by atoms with Crippen molar-refractivity contribution in [2.75, 3.05) is 5.75 Å². The van der Waals surface area contributed by atoms with Gasteiger partial charge in [-0.2, -0.15) is 0 Å². The first-order chi connectivity index (χ1) is 8.94. The van der Waals surface area contributed by atoms with E-state index in [-0.39, 0.29) is 26.7 Å². The van der Waals surface area contributed by atoms with Crippen LogP contribution in [0.2, 0.25) is 0 Å². The zero-order valence-corrected chi connectivity index (χ0v) is 11.4. The van der Waals surface area contributed by atoms with E-state index < -0.39 is 14.8 Å². The molecule has 19 heavy (non-hydrogen) atoms. The quantitative estimate of drug-likeness (QED) is 0.644. The van der Waals surface area contributed by atoms with Gasteiger partial charge in [-0.1, -0.05) is 18.3 Å². The minimum atomic E-state index is -3.44. The Morgan fingerprint density at radius 2 is 2.21 bits per heavy atom. The molecule has 0 saturated heterocycles. The van der Waals surface area contributed by atoms with Gasteiger partial charge in [0.15, 0.2) is 0 Å². The van der Waals surface area contributed by atoms with E-state index in [4.69, 9.17) is 0 Å². The SMILES string of the molecule is CCCS(=O)(=O)c1nnc(-c2ncc([N+](=O)[O-])[nH]2)s1. The number of rotatable bonds is 5. The fraction of sp³-hybridized carbons (Fsp3) is 0.375. The summed E-state index contributed by atoms with van der Waals surface area (Å²) in [7, 11) is -3.44. The zero-order valence-electron chi connectivity index (χ0n) is 9.73. The van der Waals surface area contributed by atoms with Crippen LogP contribution in [0.4, 0.5) is 5.82 Å². The predicted octanol–water partition coefficient (Wildman–Crippen LogP) is 1.02. The van der Waals surface area contributed by atoms with Gasteiger partial charge in [-0.25, -0.2) is 18.4 Å². The number of hydrogen-bond donors (Lipinski definition) is 1. The molecule has 0 spiro atoms. The number of imidazole rings is 1.